The van der Waals surface area contributed by atoms with Crippen molar-refractivity contribution in [1.29, 1.82) is 0 Å². The van der Waals surface area contributed by atoms with Crippen LogP contribution in [-0.4, -0.2) is 12.1 Å². The first kappa shape index (κ1) is 11.8. The minimum atomic E-state index is -2.55. The molecule has 1 rings (SSSR count). The molecular formula is C8H7Br2F2NO. The van der Waals surface area contributed by atoms with Crippen LogP contribution in [0.2, 0.25) is 0 Å². The zero-order valence-corrected chi connectivity index (χ0v) is 10.4. The minimum Gasteiger partial charge on any atom is -0.481 e. The van der Waals surface area contributed by atoms with Crippen molar-refractivity contribution in [2.45, 2.75) is 11.8 Å². The molecule has 0 amide bonds. The Bertz CT molecular complexity index is 333. The Balaban J connectivity index is 3.27. The Morgan fingerprint density at radius 2 is 2.21 bits per heavy atom. The Kier molecular flexibility index (Phi) is 4.25. The summed E-state index contributed by atoms with van der Waals surface area (Å²) in [5.41, 5.74) is 0.376. The van der Waals surface area contributed by atoms with Crippen LogP contribution in [0, 0.1) is 0 Å². The van der Waals surface area contributed by atoms with E-state index in [1.807, 2.05) is 0 Å². The summed E-state index contributed by atoms with van der Waals surface area (Å²) in [6.07, 6.45) is -2.55. The second-order valence-electron chi connectivity index (χ2n) is 2.46. The molecule has 1 aromatic heterocycles. The largest absolute Gasteiger partial charge is 0.481 e. The van der Waals surface area contributed by atoms with E-state index in [2.05, 4.69) is 36.8 Å². The van der Waals surface area contributed by atoms with E-state index in [4.69, 9.17) is 4.74 Å². The van der Waals surface area contributed by atoms with Gasteiger partial charge in [0, 0.05) is 11.4 Å². The molecule has 0 N–H and O–H groups in total. The number of halogens is 4. The van der Waals surface area contributed by atoms with Crippen LogP contribution in [0.5, 0.6) is 5.88 Å². The second-order valence-corrected chi connectivity index (χ2v) is 3.77. The van der Waals surface area contributed by atoms with Gasteiger partial charge in [0.05, 0.1) is 12.7 Å². The molecule has 0 aromatic carbocycles. The molecule has 0 radical (unpaired) electrons. The van der Waals surface area contributed by atoms with Crippen molar-refractivity contribution in [3.8, 4) is 5.88 Å². The van der Waals surface area contributed by atoms with E-state index in [0.29, 0.717) is 16.8 Å². The number of aromatic nitrogens is 1. The molecule has 0 bridgehead atoms. The van der Waals surface area contributed by atoms with Crippen molar-refractivity contribution in [3.63, 3.8) is 0 Å². The third-order valence-electron chi connectivity index (χ3n) is 1.65. The first-order valence-electron chi connectivity index (χ1n) is 3.67. The zero-order valence-electron chi connectivity index (χ0n) is 7.23. The first-order chi connectivity index (χ1) is 6.60. The summed E-state index contributed by atoms with van der Waals surface area (Å²) in [6.45, 7) is 0. The van der Waals surface area contributed by atoms with Gasteiger partial charge in [-0.15, -0.1) is 0 Å². The minimum absolute atomic E-state index is 0.0947. The van der Waals surface area contributed by atoms with Gasteiger partial charge in [0.2, 0.25) is 5.88 Å². The summed E-state index contributed by atoms with van der Waals surface area (Å²) in [5.74, 6) is 0.315. The van der Waals surface area contributed by atoms with Gasteiger partial charge in [-0.3, -0.25) is 0 Å². The maximum absolute atomic E-state index is 12.6. The van der Waals surface area contributed by atoms with Crippen LogP contribution >= 0.6 is 31.9 Å². The monoisotopic (exact) mass is 329 g/mol. The van der Waals surface area contributed by atoms with Gasteiger partial charge in [-0.2, -0.15) is 0 Å². The average Bonchev–Trinajstić information content (AvgIpc) is 2.15. The molecule has 0 unspecified atom stereocenters. The van der Waals surface area contributed by atoms with Crippen molar-refractivity contribution >= 4 is 31.9 Å². The number of rotatable bonds is 3. The van der Waals surface area contributed by atoms with E-state index in [1.54, 1.807) is 0 Å². The van der Waals surface area contributed by atoms with E-state index < -0.39 is 6.43 Å². The van der Waals surface area contributed by atoms with Crippen LogP contribution in [0.4, 0.5) is 8.78 Å². The Labute approximate surface area is 96.9 Å². The fourth-order valence-corrected chi connectivity index (χ4v) is 2.06. The van der Waals surface area contributed by atoms with E-state index in [9.17, 15) is 8.78 Å². The summed E-state index contributed by atoms with van der Waals surface area (Å²) < 4.78 is 30.2. The third kappa shape index (κ3) is 2.42. The predicted molar refractivity (Wildman–Crippen MR) is 56.1 cm³/mol. The highest BCUT2D eigenvalue weighted by Gasteiger charge is 2.18. The molecule has 6 heteroatoms. The number of nitrogens with zero attached hydrogens (tertiary/aromatic N) is 1. The van der Waals surface area contributed by atoms with Gasteiger partial charge in [-0.25, -0.2) is 13.8 Å². The molecular weight excluding hydrogens is 324 g/mol. The molecule has 2 nitrogen and oxygen atoms in total. The summed E-state index contributed by atoms with van der Waals surface area (Å²) in [6, 6.07) is 1.49. The first-order valence-corrected chi connectivity index (χ1v) is 5.59. The standard InChI is InChI=1S/C8H7Br2F2NO/c1-14-5-2-4(3-9)6(8(11)12)7(10)13-5/h2,8H,3H2,1H3. The number of ether oxygens (including phenoxy) is 1. The average molecular weight is 331 g/mol. The van der Waals surface area contributed by atoms with Crippen LogP contribution < -0.4 is 4.74 Å². The number of pyridine rings is 1. The van der Waals surface area contributed by atoms with Gasteiger partial charge in [-0.1, -0.05) is 15.9 Å². The summed E-state index contributed by atoms with van der Waals surface area (Å²) in [4.78, 5) is 3.82. The van der Waals surface area contributed by atoms with Crippen LogP contribution in [0.25, 0.3) is 0 Å². The van der Waals surface area contributed by atoms with Gasteiger partial charge in [0.1, 0.15) is 4.60 Å². The third-order valence-corrected chi connectivity index (χ3v) is 2.85. The summed E-state index contributed by atoms with van der Waals surface area (Å²) in [7, 11) is 1.44. The molecule has 1 aromatic rings. The van der Waals surface area contributed by atoms with Crippen molar-refractivity contribution in [3.05, 3.63) is 21.8 Å². The number of hydrogen-bond donors (Lipinski definition) is 0. The fourth-order valence-electron chi connectivity index (χ4n) is 0.994. The van der Waals surface area contributed by atoms with Crippen molar-refractivity contribution in [2.24, 2.45) is 0 Å². The van der Waals surface area contributed by atoms with E-state index in [1.165, 1.54) is 13.2 Å². The maximum atomic E-state index is 12.6. The van der Waals surface area contributed by atoms with E-state index in [0.717, 1.165) is 0 Å². The molecule has 0 aliphatic rings. The normalized spacial score (nSPS) is 10.7. The maximum Gasteiger partial charge on any atom is 0.266 e. The van der Waals surface area contributed by atoms with Crippen LogP contribution in [0.1, 0.15) is 17.6 Å². The number of alkyl halides is 3. The lowest BCUT2D eigenvalue weighted by Crippen LogP contribution is -1.99. The lowest BCUT2D eigenvalue weighted by molar-refractivity contribution is 0.149. The molecule has 1 heterocycles. The topological polar surface area (TPSA) is 22.1 Å². The smallest absolute Gasteiger partial charge is 0.266 e. The van der Waals surface area contributed by atoms with Crippen molar-refractivity contribution in [1.82, 2.24) is 4.98 Å². The summed E-state index contributed by atoms with van der Waals surface area (Å²) >= 11 is 6.12. The molecule has 0 saturated heterocycles. The highest BCUT2D eigenvalue weighted by molar-refractivity contribution is 9.10. The van der Waals surface area contributed by atoms with E-state index in [-0.39, 0.29) is 10.2 Å². The molecule has 0 saturated carbocycles. The quantitative estimate of drug-likeness (QED) is 0.623. The van der Waals surface area contributed by atoms with Gasteiger partial charge in [0.15, 0.2) is 0 Å². The lowest BCUT2D eigenvalue weighted by Gasteiger charge is -2.09. The van der Waals surface area contributed by atoms with Crippen LogP contribution in [0.15, 0.2) is 10.7 Å². The van der Waals surface area contributed by atoms with Crippen molar-refractivity contribution in [2.75, 3.05) is 7.11 Å². The molecule has 0 aliphatic heterocycles. The highest BCUT2D eigenvalue weighted by atomic mass is 79.9. The molecule has 14 heavy (non-hydrogen) atoms. The SMILES string of the molecule is COc1cc(CBr)c(C(F)F)c(Br)n1. The van der Waals surface area contributed by atoms with Gasteiger partial charge >= 0.3 is 0 Å². The predicted octanol–water partition coefficient (Wildman–Crippen LogP) is 3.69. The van der Waals surface area contributed by atoms with Gasteiger partial charge in [0.25, 0.3) is 6.43 Å². The highest BCUT2D eigenvalue weighted by Crippen LogP contribution is 2.32. The van der Waals surface area contributed by atoms with Gasteiger partial charge < -0.3 is 4.74 Å². The number of methoxy groups -OCH3 is 1. The Hall–Kier alpha value is -0.230. The Morgan fingerprint density at radius 1 is 1.57 bits per heavy atom. The lowest BCUT2D eigenvalue weighted by atomic mass is 10.2. The van der Waals surface area contributed by atoms with Crippen molar-refractivity contribution < 1.29 is 13.5 Å². The summed E-state index contributed by atoms with van der Waals surface area (Å²) in [5, 5.41) is 0.337. The molecule has 0 spiro atoms. The van der Waals surface area contributed by atoms with Crippen LogP contribution in [-0.2, 0) is 5.33 Å². The molecule has 78 valence electrons. The fraction of sp³-hybridized carbons (Fsp3) is 0.375. The molecule has 0 aliphatic carbocycles. The zero-order chi connectivity index (χ0) is 10.7. The molecule has 0 fully saturated rings. The van der Waals surface area contributed by atoms with Gasteiger partial charge in [-0.05, 0) is 21.5 Å². The number of hydrogen-bond acceptors (Lipinski definition) is 2. The molecule has 0 atom stereocenters. The second kappa shape index (κ2) is 5.02. The van der Waals surface area contributed by atoms with E-state index >= 15 is 0 Å². The van der Waals surface area contributed by atoms with Crippen LogP contribution in [0.3, 0.4) is 0 Å². The Morgan fingerprint density at radius 3 is 2.64 bits per heavy atom.